The molecule has 3 aromatic carbocycles. The molecule has 0 aliphatic carbocycles. The van der Waals surface area contributed by atoms with Gasteiger partial charge >= 0.3 is 10.1 Å². The van der Waals surface area contributed by atoms with Gasteiger partial charge in [-0.3, -0.25) is 4.79 Å². The highest BCUT2D eigenvalue weighted by atomic mass is 79.9. The van der Waals surface area contributed by atoms with E-state index >= 15 is 0 Å². The molecule has 1 saturated heterocycles. The van der Waals surface area contributed by atoms with Crippen LogP contribution in [0.25, 0.3) is 6.08 Å². The number of hydrogen-bond donors (Lipinski definition) is 1. The normalized spacial score (nSPS) is 15.9. The van der Waals surface area contributed by atoms with Gasteiger partial charge in [-0.15, -0.1) is 0 Å². The van der Waals surface area contributed by atoms with Crippen LogP contribution in [0.1, 0.15) is 11.1 Å². The minimum Gasteiger partial charge on any atom is -0.497 e. The summed E-state index contributed by atoms with van der Waals surface area (Å²) in [6.07, 6.45) is 1.68. The van der Waals surface area contributed by atoms with Crippen molar-refractivity contribution in [2.24, 2.45) is 4.99 Å². The van der Waals surface area contributed by atoms with Gasteiger partial charge in [0.05, 0.1) is 26.6 Å². The first-order valence-electron chi connectivity index (χ1n) is 10.1. The Bertz CT molecular complexity index is 1430. The second-order valence-corrected chi connectivity index (χ2v) is 11.6. The Labute approximate surface area is 224 Å². The smallest absolute Gasteiger partial charge is 0.339 e. The Morgan fingerprint density at radius 1 is 1.00 bits per heavy atom. The maximum atomic E-state index is 12.7. The van der Waals surface area contributed by atoms with Crippen LogP contribution in [0.3, 0.4) is 0 Å². The minimum atomic E-state index is -4.03. The van der Waals surface area contributed by atoms with Crippen LogP contribution in [0.2, 0.25) is 0 Å². The lowest BCUT2D eigenvalue weighted by Crippen LogP contribution is -2.19. The molecule has 1 fully saturated rings. The van der Waals surface area contributed by atoms with Crippen molar-refractivity contribution in [2.45, 2.75) is 11.8 Å². The van der Waals surface area contributed by atoms with Gasteiger partial charge in [-0.1, -0.05) is 17.7 Å². The first-order valence-corrected chi connectivity index (χ1v) is 13.9. The van der Waals surface area contributed by atoms with Gasteiger partial charge in [-0.25, -0.2) is 4.99 Å². The Morgan fingerprint density at radius 3 is 2.23 bits per heavy atom. The number of carbonyl (C=O) groups is 1. The van der Waals surface area contributed by atoms with E-state index in [9.17, 15) is 13.2 Å². The zero-order valence-corrected chi connectivity index (χ0v) is 23.2. The predicted molar refractivity (Wildman–Crippen MR) is 145 cm³/mol. The fraction of sp³-hybridized carbons (Fsp3) is 0.0833. The van der Waals surface area contributed by atoms with Crippen LogP contribution in [0.15, 0.2) is 84.4 Å². The van der Waals surface area contributed by atoms with Gasteiger partial charge in [0.25, 0.3) is 5.91 Å². The molecule has 4 rings (SSSR count). The molecular weight excluding hydrogens is 620 g/mol. The zero-order chi connectivity index (χ0) is 25.2. The molecule has 0 bridgehead atoms. The number of methoxy groups -OCH3 is 1. The summed E-state index contributed by atoms with van der Waals surface area (Å²) in [6, 6.07) is 16.9. The molecule has 0 atom stereocenters. The number of hydrogen-bond acceptors (Lipinski definition) is 7. The Kier molecular flexibility index (Phi) is 7.70. The van der Waals surface area contributed by atoms with Crippen LogP contribution in [0.4, 0.5) is 5.69 Å². The third-order valence-corrected chi connectivity index (χ3v) is 8.10. The molecule has 1 amide bonds. The first-order chi connectivity index (χ1) is 16.6. The molecule has 11 heteroatoms. The summed E-state index contributed by atoms with van der Waals surface area (Å²) in [5.41, 5.74) is 2.28. The lowest BCUT2D eigenvalue weighted by atomic mass is 10.2. The highest BCUT2D eigenvalue weighted by Gasteiger charge is 2.25. The molecule has 1 N–H and O–H groups in total. The molecule has 0 aromatic heterocycles. The Morgan fingerprint density at radius 2 is 1.63 bits per heavy atom. The van der Waals surface area contributed by atoms with Crippen molar-refractivity contribution in [3.63, 3.8) is 0 Å². The number of nitrogens with zero attached hydrogens (tertiary/aromatic N) is 1. The highest BCUT2D eigenvalue weighted by Crippen LogP contribution is 2.38. The van der Waals surface area contributed by atoms with Crippen molar-refractivity contribution in [1.82, 2.24) is 5.32 Å². The summed E-state index contributed by atoms with van der Waals surface area (Å²) < 4.78 is 36.7. The van der Waals surface area contributed by atoms with Crippen LogP contribution in [0, 0.1) is 6.92 Å². The standard InChI is InChI=1S/C24H18Br2N2O5S2/c1-14-3-9-18(10-4-14)35(30,31)33-22-19(25)11-15(12-20(22)26)13-21-23(29)28-24(34-21)27-16-5-7-17(32-2)8-6-16/h3-13H,1-2H3,(H,27,28,29)/b21-13-. The van der Waals surface area contributed by atoms with E-state index in [1.807, 2.05) is 6.92 Å². The molecule has 35 heavy (non-hydrogen) atoms. The van der Waals surface area contributed by atoms with E-state index in [0.717, 1.165) is 5.56 Å². The monoisotopic (exact) mass is 636 g/mol. The Balaban J connectivity index is 1.55. The molecular formula is C24H18Br2N2O5S2. The number of benzene rings is 3. The summed E-state index contributed by atoms with van der Waals surface area (Å²) in [6.45, 7) is 1.87. The van der Waals surface area contributed by atoms with Crippen molar-refractivity contribution < 1.29 is 22.1 Å². The van der Waals surface area contributed by atoms with Gasteiger partial charge in [-0.2, -0.15) is 8.42 Å². The van der Waals surface area contributed by atoms with E-state index in [-0.39, 0.29) is 16.6 Å². The molecule has 3 aromatic rings. The highest BCUT2D eigenvalue weighted by molar-refractivity contribution is 9.11. The number of thioether (sulfide) groups is 1. The number of rotatable bonds is 6. The van der Waals surface area contributed by atoms with Crippen LogP contribution in [-0.2, 0) is 14.9 Å². The number of halogens is 2. The number of nitrogens with one attached hydrogen (secondary N) is 1. The van der Waals surface area contributed by atoms with Crippen molar-refractivity contribution in [1.29, 1.82) is 0 Å². The van der Waals surface area contributed by atoms with E-state index in [2.05, 4.69) is 42.2 Å². The van der Waals surface area contributed by atoms with Crippen molar-refractivity contribution in [3.8, 4) is 11.5 Å². The maximum absolute atomic E-state index is 12.7. The number of amides is 1. The largest absolute Gasteiger partial charge is 0.497 e. The Hall–Kier alpha value is -2.60. The lowest BCUT2D eigenvalue weighted by Gasteiger charge is -2.11. The fourth-order valence-electron chi connectivity index (χ4n) is 3.01. The lowest BCUT2D eigenvalue weighted by molar-refractivity contribution is -0.115. The van der Waals surface area contributed by atoms with Crippen LogP contribution in [-0.4, -0.2) is 26.6 Å². The zero-order valence-electron chi connectivity index (χ0n) is 18.4. The average Bonchev–Trinajstić information content (AvgIpc) is 3.15. The quantitative estimate of drug-likeness (QED) is 0.256. The molecule has 1 heterocycles. The third kappa shape index (κ3) is 6.16. The average molecular weight is 638 g/mol. The van der Waals surface area contributed by atoms with Crippen molar-refractivity contribution in [2.75, 3.05) is 7.11 Å². The van der Waals surface area contributed by atoms with Gasteiger partial charge in [-0.05, 0) is 111 Å². The molecule has 0 unspecified atom stereocenters. The van der Waals surface area contributed by atoms with Crippen molar-refractivity contribution >= 4 is 76.6 Å². The van der Waals surface area contributed by atoms with E-state index in [1.54, 1.807) is 61.7 Å². The molecule has 7 nitrogen and oxygen atoms in total. The molecule has 0 saturated carbocycles. The van der Waals surface area contributed by atoms with Gasteiger partial charge in [0.2, 0.25) is 0 Å². The SMILES string of the molecule is COc1ccc(N=C2NC(=O)/C(=C/c3cc(Br)c(OS(=O)(=O)c4ccc(C)cc4)c(Br)c3)S2)cc1. The van der Waals surface area contributed by atoms with Crippen molar-refractivity contribution in [3.05, 3.63) is 85.6 Å². The number of aryl methyl sites for hydroxylation is 1. The van der Waals surface area contributed by atoms with E-state index in [0.29, 0.717) is 36.0 Å². The second-order valence-electron chi connectivity index (χ2n) is 7.34. The first kappa shape index (κ1) is 25.5. The summed E-state index contributed by atoms with van der Waals surface area (Å²) in [5.74, 6) is 0.544. The summed E-state index contributed by atoms with van der Waals surface area (Å²) in [4.78, 5) is 17.4. The number of amidine groups is 1. The van der Waals surface area contributed by atoms with Crippen LogP contribution in [0.5, 0.6) is 11.5 Å². The fourth-order valence-corrected chi connectivity index (χ4v) is 6.42. The predicted octanol–water partition coefficient (Wildman–Crippen LogP) is 6.19. The molecule has 0 spiro atoms. The number of carbonyl (C=O) groups excluding carboxylic acids is 1. The third-order valence-electron chi connectivity index (χ3n) is 4.78. The van der Waals surface area contributed by atoms with E-state index < -0.39 is 10.1 Å². The summed E-state index contributed by atoms with van der Waals surface area (Å²) in [7, 11) is -2.44. The molecule has 0 radical (unpaired) electrons. The maximum Gasteiger partial charge on any atom is 0.339 e. The van der Waals surface area contributed by atoms with Gasteiger partial charge in [0.1, 0.15) is 10.6 Å². The van der Waals surface area contributed by atoms with E-state index in [1.165, 1.54) is 23.9 Å². The van der Waals surface area contributed by atoms with Gasteiger partial charge in [0, 0.05) is 0 Å². The molecule has 180 valence electrons. The summed E-state index contributed by atoms with van der Waals surface area (Å²) in [5, 5.41) is 3.19. The summed E-state index contributed by atoms with van der Waals surface area (Å²) >= 11 is 7.96. The minimum absolute atomic E-state index is 0.0517. The number of ether oxygens (including phenoxy) is 1. The van der Waals surface area contributed by atoms with E-state index in [4.69, 9.17) is 8.92 Å². The van der Waals surface area contributed by atoms with Gasteiger partial charge in [0.15, 0.2) is 10.9 Å². The second kappa shape index (κ2) is 10.6. The van der Waals surface area contributed by atoms with Gasteiger partial charge < -0.3 is 14.2 Å². The molecule has 1 aliphatic rings. The van der Waals surface area contributed by atoms with Crippen LogP contribution >= 0.6 is 43.6 Å². The topological polar surface area (TPSA) is 94.1 Å². The number of aliphatic imine (C=N–C) groups is 1. The molecule has 1 aliphatic heterocycles. The van der Waals surface area contributed by atoms with Crippen LogP contribution < -0.4 is 14.2 Å².